The number of thiazole rings is 1. The minimum absolute atomic E-state index is 0.328. The van der Waals surface area contributed by atoms with Crippen molar-refractivity contribution in [2.45, 2.75) is 25.4 Å². The summed E-state index contributed by atoms with van der Waals surface area (Å²) in [7, 11) is 0. The summed E-state index contributed by atoms with van der Waals surface area (Å²) < 4.78 is 6.81. The monoisotopic (exact) mass is 282 g/mol. The van der Waals surface area contributed by atoms with Gasteiger partial charge in [0.2, 0.25) is 0 Å². The van der Waals surface area contributed by atoms with Gasteiger partial charge in [-0.3, -0.25) is 0 Å². The Bertz CT molecular complexity index is 537. The van der Waals surface area contributed by atoms with E-state index >= 15 is 0 Å². The van der Waals surface area contributed by atoms with Crippen molar-refractivity contribution in [2.75, 3.05) is 18.5 Å². The summed E-state index contributed by atoms with van der Waals surface area (Å²) in [6.45, 7) is 1.73. The minimum Gasteiger partial charge on any atom is -0.376 e. The van der Waals surface area contributed by atoms with Gasteiger partial charge in [-0.2, -0.15) is 0 Å². The van der Waals surface area contributed by atoms with Crippen molar-refractivity contribution in [2.24, 2.45) is 0 Å². The van der Waals surface area contributed by atoms with E-state index in [-0.39, 0.29) is 0 Å². The number of nitrogens with one attached hydrogen (secondary N) is 1. The normalized spacial score (nSPS) is 20.2. The molecule has 2 aromatic rings. The summed E-state index contributed by atoms with van der Waals surface area (Å²) in [5.74, 6) is 0. The maximum atomic E-state index is 5.97. The SMILES string of the molecule is Clc1ccc2nc(NCC3CCCCO3)sc2c1. The van der Waals surface area contributed by atoms with Crippen molar-refractivity contribution < 1.29 is 4.74 Å². The highest BCUT2D eigenvalue weighted by Gasteiger charge is 2.14. The fourth-order valence-corrected chi connectivity index (χ4v) is 3.29. The Morgan fingerprint density at radius 2 is 2.39 bits per heavy atom. The zero-order valence-electron chi connectivity index (χ0n) is 9.99. The Hall–Kier alpha value is -0.840. The smallest absolute Gasteiger partial charge is 0.183 e. The molecular formula is C13H15ClN2OS. The molecule has 2 heterocycles. The Morgan fingerprint density at radius 1 is 1.44 bits per heavy atom. The summed E-state index contributed by atoms with van der Waals surface area (Å²) >= 11 is 7.60. The third-order valence-electron chi connectivity index (χ3n) is 3.11. The van der Waals surface area contributed by atoms with Crippen molar-refractivity contribution in [3.8, 4) is 0 Å². The van der Waals surface area contributed by atoms with Gasteiger partial charge in [0.1, 0.15) is 0 Å². The lowest BCUT2D eigenvalue weighted by atomic mass is 10.1. The second-order valence-electron chi connectivity index (χ2n) is 4.50. The molecular weight excluding hydrogens is 268 g/mol. The number of fused-ring (bicyclic) bond motifs is 1. The number of benzene rings is 1. The number of anilines is 1. The molecule has 3 nitrogen and oxygen atoms in total. The molecule has 0 bridgehead atoms. The molecule has 0 spiro atoms. The van der Waals surface area contributed by atoms with Crippen molar-refractivity contribution in [3.05, 3.63) is 23.2 Å². The molecule has 18 heavy (non-hydrogen) atoms. The molecule has 1 unspecified atom stereocenters. The fraction of sp³-hybridized carbons (Fsp3) is 0.462. The molecule has 0 aliphatic carbocycles. The van der Waals surface area contributed by atoms with Crippen LogP contribution in [0.15, 0.2) is 18.2 Å². The van der Waals surface area contributed by atoms with Gasteiger partial charge in [0.25, 0.3) is 0 Å². The number of hydrogen-bond acceptors (Lipinski definition) is 4. The zero-order chi connectivity index (χ0) is 12.4. The largest absolute Gasteiger partial charge is 0.376 e. The van der Waals surface area contributed by atoms with Crippen LogP contribution in [-0.4, -0.2) is 24.2 Å². The van der Waals surface area contributed by atoms with Gasteiger partial charge in [-0.1, -0.05) is 22.9 Å². The molecule has 1 aromatic heterocycles. The first kappa shape index (κ1) is 12.2. The Balaban J connectivity index is 1.67. The number of ether oxygens (including phenoxy) is 1. The van der Waals surface area contributed by atoms with E-state index in [0.29, 0.717) is 6.10 Å². The van der Waals surface area contributed by atoms with Crippen LogP contribution in [0.2, 0.25) is 5.02 Å². The van der Waals surface area contributed by atoms with E-state index in [2.05, 4.69) is 10.3 Å². The quantitative estimate of drug-likeness (QED) is 0.926. The average Bonchev–Trinajstić information content (AvgIpc) is 2.79. The van der Waals surface area contributed by atoms with Gasteiger partial charge in [-0.15, -0.1) is 0 Å². The van der Waals surface area contributed by atoms with Gasteiger partial charge in [0.15, 0.2) is 5.13 Å². The summed E-state index contributed by atoms with van der Waals surface area (Å²) in [6.07, 6.45) is 3.93. The molecule has 1 aliphatic heterocycles. The number of hydrogen-bond donors (Lipinski definition) is 1. The number of halogens is 1. The predicted molar refractivity (Wildman–Crippen MR) is 76.7 cm³/mol. The molecule has 96 valence electrons. The van der Waals surface area contributed by atoms with E-state index in [0.717, 1.165) is 39.9 Å². The van der Waals surface area contributed by atoms with E-state index in [1.54, 1.807) is 11.3 Å². The highest BCUT2D eigenvalue weighted by Crippen LogP contribution is 2.28. The number of nitrogens with zero attached hydrogens (tertiary/aromatic N) is 1. The van der Waals surface area contributed by atoms with Crippen LogP contribution in [0.1, 0.15) is 19.3 Å². The summed E-state index contributed by atoms with van der Waals surface area (Å²) in [5.41, 5.74) is 0.997. The Kier molecular flexibility index (Phi) is 3.68. The number of aromatic nitrogens is 1. The van der Waals surface area contributed by atoms with E-state index < -0.39 is 0 Å². The van der Waals surface area contributed by atoms with Gasteiger partial charge < -0.3 is 10.1 Å². The highest BCUT2D eigenvalue weighted by molar-refractivity contribution is 7.22. The fourth-order valence-electron chi connectivity index (χ4n) is 2.14. The first-order valence-corrected chi connectivity index (χ1v) is 7.42. The summed E-state index contributed by atoms with van der Waals surface area (Å²) in [6, 6.07) is 5.78. The summed E-state index contributed by atoms with van der Waals surface area (Å²) in [5, 5.41) is 5.07. The van der Waals surface area contributed by atoms with Gasteiger partial charge in [0, 0.05) is 18.2 Å². The van der Waals surface area contributed by atoms with Crippen molar-refractivity contribution in [1.82, 2.24) is 4.98 Å². The molecule has 1 N–H and O–H groups in total. The van der Waals surface area contributed by atoms with E-state index in [9.17, 15) is 0 Å². The van der Waals surface area contributed by atoms with E-state index in [1.165, 1.54) is 12.8 Å². The first-order chi connectivity index (χ1) is 8.81. The maximum absolute atomic E-state index is 5.97. The lowest BCUT2D eigenvalue weighted by molar-refractivity contribution is 0.0247. The molecule has 1 atom stereocenters. The molecule has 0 amide bonds. The van der Waals surface area contributed by atoms with Crippen LogP contribution in [0.25, 0.3) is 10.2 Å². The lowest BCUT2D eigenvalue weighted by Crippen LogP contribution is -2.26. The zero-order valence-corrected chi connectivity index (χ0v) is 11.6. The average molecular weight is 283 g/mol. The van der Waals surface area contributed by atoms with E-state index in [1.807, 2.05) is 18.2 Å². The van der Waals surface area contributed by atoms with Crippen LogP contribution >= 0.6 is 22.9 Å². The predicted octanol–water partition coefficient (Wildman–Crippen LogP) is 3.93. The standard InChI is InChI=1S/C13H15ClN2OS/c14-9-4-5-11-12(7-9)18-13(16-11)15-8-10-3-1-2-6-17-10/h4-5,7,10H,1-3,6,8H2,(H,15,16). The maximum Gasteiger partial charge on any atom is 0.183 e. The van der Waals surface area contributed by atoms with Crippen LogP contribution in [0, 0.1) is 0 Å². The van der Waals surface area contributed by atoms with Crippen LogP contribution in [0.3, 0.4) is 0 Å². The molecule has 3 rings (SSSR count). The topological polar surface area (TPSA) is 34.2 Å². The third-order valence-corrected chi connectivity index (χ3v) is 4.32. The van der Waals surface area contributed by atoms with Gasteiger partial charge in [-0.05, 0) is 37.5 Å². The second kappa shape index (κ2) is 5.43. The van der Waals surface area contributed by atoms with Crippen LogP contribution in [0.5, 0.6) is 0 Å². The molecule has 5 heteroatoms. The minimum atomic E-state index is 0.328. The lowest BCUT2D eigenvalue weighted by Gasteiger charge is -2.22. The van der Waals surface area contributed by atoms with Gasteiger partial charge in [-0.25, -0.2) is 4.98 Å². The van der Waals surface area contributed by atoms with Gasteiger partial charge >= 0.3 is 0 Å². The Morgan fingerprint density at radius 3 is 3.22 bits per heavy atom. The molecule has 0 radical (unpaired) electrons. The second-order valence-corrected chi connectivity index (χ2v) is 5.97. The molecule has 1 saturated heterocycles. The summed E-state index contributed by atoms with van der Waals surface area (Å²) in [4.78, 5) is 4.53. The molecule has 1 aliphatic rings. The van der Waals surface area contributed by atoms with Crippen LogP contribution < -0.4 is 5.32 Å². The van der Waals surface area contributed by atoms with Crippen molar-refractivity contribution >= 4 is 38.3 Å². The third kappa shape index (κ3) is 2.76. The molecule has 1 aromatic carbocycles. The van der Waals surface area contributed by atoms with E-state index in [4.69, 9.17) is 16.3 Å². The first-order valence-electron chi connectivity index (χ1n) is 6.23. The molecule has 1 fully saturated rings. The van der Waals surface area contributed by atoms with Crippen molar-refractivity contribution in [1.29, 1.82) is 0 Å². The molecule has 0 saturated carbocycles. The number of rotatable bonds is 3. The van der Waals surface area contributed by atoms with Crippen molar-refractivity contribution in [3.63, 3.8) is 0 Å². The van der Waals surface area contributed by atoms with Crippen LogP contribution in [-0.2, 0) is 4.74 Å². The highest BCUT2D eigenvalue weighted by atomic mass is 35.5. The van der Waals surface area contributed by atoms with Gasteiger partial charge in [0.05, 0.1) is 16.3 Å². The van der Waals surface area contributed by atoms with Crippen LogP contribution in [0.4, 0.5) is 5.13 Å². The Labute approximate surface area is 115 Å².